The molecule has 0 amide bonds. The summed E-state index contributed by atoms with van der Waals surface area (Å²) in [5.41, 5.74) is 0. The summed E-state index contributed by atoms with van der Waals surface area (Å²) in [6.45, 7) is 2.29. The van der Waals surface area contributed by atoms with Gasteiger partial charge in [0, 0.05) is 6.61 Å². The van der Waals surface area contributed by atoms with Crippen LogP contribution >= 0.6 is 0 Å². The zero-order valence-corrected chi connectivity index (χ0v) is 23.5. The lowest BCUT2D eigenvalue weighted by molar-refractivity contribution is -0.301. The van der Waals surface area contributed by atoms with Gasteiger partial charge in [0.25, 0.3) is 0 Å². The van der Waals surface area contributed by atoms with Crippen molar-refractivity contribution in [2.45, 2.75) is 179 Å². The lowest BCUT2D eigenvalue weighted by Crippen LogP contribution is -2.59. The standard InChI is InChI=1S/C30H60O6/c1-2-3-4-5-6-7-8-9-10-11-12-13-14-15-16-17-18-19-20-21-22-23-24-35-30-29(34)28(33)27(32)26(25-31)36-30/h26-34H,2-25H2,1H3/t26-,27-,28+,29-,30+/m1/s1. The van der Waals surface area contributed by atoms with Crippen LogP contribution in [-0.2, 0) is 9.47 Å². The molecule has 0 aromatic carbocycles. The van der Waals surface area contributed by atoms with Gasteiger partial charge in [-0.05, 0) is 6.42 Å². The summed E-state index contributed by atoms with van der Waals surface area (Å²) in [6, 6.07) is 0. The Balaban J connectivity index is 1.76. The highest BCUT2D eigenvalue weighted by Gasteiger charge is 2.43. The Morgan fingerprint density at radius 3 is 1.22 bits per heavy atom. The molecule has 0 aliphatic carbocycles. The minimum Gasteiger partial charge on any atom is -0.394 e. The predicted octanol–water partition coefficient (Wildman–Crippen LogP) is 6.41. The first-order valence-electron chi connectivity index (χ1n) is 15.5. The molecule has 1 rings (SSSR count). The normalized spacial score (nSPS) is 24.4. The summed E-state index contributed by atoms with van der Waals surface area (Å²) in [4.78, 5) is 0. The van der Waals surface area contributed by atoms with E-state index in [0.717, 1.165) is 12.8 Å². The van der Waals surface area contributed by atoms with Crippen molar-refractivity contribution >= 4 is 0 Å². The van der Waals surface area contributed by atoms with Gasteiger partial charge >= 0.3 is 0 Å². The van der Waals surface area contributed by atoms with E-state index in [1.807, 2.05) is 0 Å². The minimum absolute atomic E-state index is 0.426. The molecule has 1 aliphatic rings. The first-order chi connectivity index (χ1) is 17.6. The summed E-state index contributed by atoms with van der Waals surface area (Å²) in [7, 11) is 0. The third-order valence-corrected chi connectivity index (χ3v) is 7.63. The van der Waals surface area contributed by atoms with Crippen molar-refractivity contribution in [1.29, 1.82) is 0 Å². The summed E-state index contributed by atoms with van der Waals surface area (Å²) in [5.74, 6) is 0. The van der Waals surface area contributed by atoms with Crippen LogP contribution in [0.1, 0.15) is 148 Å². The van der Waals surface area contributed by atoms with Crippen LogP contribution in [0.3, 0.4) is 0 Å². The van der Waals surface area contributed by atoms with Gasteiger partial charge in [0.15, 0.2) is 6.29 Å². The molecule has 1 heterocycles. The molecular formula is C30H60O6. The van der Waals surface area contributed by atoms with Gasteiger partial charge in [-0.2, -0.15) is 0 Å². The molecule has 0 unspecified atom stereocenters. The Bertz CT molecular complexity index is 461. The van der Waals surface area contributed by atoms with Crippen LogP contribution in [0.15, 0.2) is 0 Å². The van der Waals surface area contributed by atoms with Crippen LogP contribution in [0.2, 0.25) is 0 Å². The molecule has 4 N–H and O–H groups in total. The van der Waals surface area contributed by atoms with E-state index in [2.05, 4.69) is 6.92 Å². The van der Waals surface area contributed by atoms with Crippen LogP contribution in [0.4, 0.5) is 0 Å². The van der Waals surface area contributed by atoms with Crippen molar-refractivity contribution in [3.8, 4) is 0 Å². The average molecular weight is 517 g/mol. The maximum atomic E-state index is 9.96. The second-order valence-corrected chi connectivity index (χ2v) is 11.0. The lowest BCUT2D eigenvalue weighted by atomic mass is 9.99. The molecular weight excluding hydrogens is 456 g/mol. The topological polar surface area (TPSA) is 99.4 Å². The zero-order chi connectivity index (χ0) is 26.3. The number of rotatable bonds is 25. The SMILES string of the molecule is CCCCCCCCCCCCCCCCCCCCCCCCO[C@H]1O[C@H](CO)[C@@H](O)[C@H](O)[C@H]1O. The number of hydrogen-bond donors (Lipinski definition) is 4. The summed E-state index contributed by atoms with van der Waals surface area (Å²) < 4.78 is 10.9. The second kappa shape index (κ2) is 23.8. The van der Waals surface area contributed by atoms with E-state index in [4.69, 9.17) is 9.47 Å². The van der Waals surface area contributed by atoms with Crippen molar-refractivity contribution in [1.82, 2.24) is 0 Å². The van der Waals surface area contributed by atoms with E-state index in [9.17, 15) is 20.4 Å². The number of aliphatic hydroxyl groups excluding tert-OH is 4. The molecule has 6 heteroatoms. The Hall–Kier alpha value is -0.240. The molecule has 0 radical (unpaired) electrons. The molecule has 36 heavy (non-hydrogen) atoms. The minimum atomic E-state index is -1.37. The maximum absolute atomic E-state index is 9.96. The smallest absolute Gasteiger partial charge is 0.186 e. The summed E-state index contributed by atoms with van der Waals surface area (Å²) >= 11 is 0. The molecule has 0 saturated carbocycles. The fraction of sp³-hybridized carbons (Fsp3) is 1.00. The Kier molecular flexibility index (Phi) is 22.4. The summed E-state index contributed by atoms with van der Waals surface area (Å²) in [6.07, 6.45) is 23.8. The van der Waals surface area contributed by atoms with Crippen molar-refractivity contribution in [2.24, 2.45) is 0 Å². The lowest BCUT2D eigenvalue weighted by Gasteiger charge is -2.39. The Morgan fingerprint density at radius 1 is 0.500 bits per heavy atom. The molecule has 6 nitrogen and oxygen atoms in total. The molecule has 0 bridgehead atoms. The summed E-state index contributed by atoms with van der Waals surface area (Å²) in [5, 5.41) is 38.7. The quantitative estimate of drug-likeness (QED) is 0.105. The third-order valence-electron chi connectivity index (χ3n) is 7.63. The van der Waals surface area contributed by atoms with E-state index in [1.165, 1.54) is 128 Å². The van der Waals surface area contributed by atoms with Gasteiger partial charge in [0.1, 0.15) is 24.4 Å². The monoisotopic (exact) mass is 516 g/mol. The predicted molar refractivity (Wildman–Crippen MR) is 147 cm³/mol. The molecule has 0 aromatic heterocycles. The maximum Gasteiger partial charge on any atom is 0.186 e. The van der Waals surface area contributed by atoms with Crippen molar-refractivity contribution in [3.63, 3.8) is 0 Å². The Labute approximate surface area is 222 Å². The van der Waals surface area contributed by atoms with E-state index >= 15 is 0 Å². The number of hydrogen-bond acceptors (Lipinski definition) is 6. The Morgan fingerprint density at radius 2 is 0.861 bits per heavy atom. The van der Waals surface area contributed by atoms with Crippen LogP contribution in [0.5, 0.6) is 0 Å². The number of ether oxygens (including phenoxy) is 2. The van der Waals surface area contributed by atoms with Gasteiger partial charge in [-0.15, -0.1) is 0 Å². The van der Waals surface area contributed by atoms with Crippen molar-refractivity contribution in [2.75, 3.05) is 13.2 Å². The van der Waals surface area contributed by atoms with Gasteiger partial charge in [0.05, 0.1) is 6.61 Å². The molecule has 5 atom stereocenters. The molecule has 0 spiro atoms. The molecule has 1 aliphatic heterocycles. The van der Waals surface area contributed by atoms with Crippen LogP contribution in [0, 0.1) is 0 Å². The van der Waals surface area contributed by atoms with E-state index in [1.54, 1.807) is 0 Å². The fourth-order valence-electron chi connectivity index (χ4n) is 5.12. The molecule has 1 saturated heterocycles. The van der Waals surface area contributed by atoms with Gasteiger partial charge in [0.2, 0.25) is 0 Å². The second-order valence-electron chi connectivity index (χ2n) is 11.0. The van der Waals surface area contributed by atoms with Crippen molar-refractivity contribution in [3.05, 3.63) is 0 Å². The zero-order valence-electron chi connectivity index (χ0n) is 23.5. The van der Waals surface area contributed by atoms with Gasteiger partial charge < -0.3 is 29.9 Å². The van der Waals surface area contributed by atoms with E-state index < -0.39 is 37.3 Å². The van der Waals surface area contributed by atoms with Gasteiger partial charge in [-0.3, -0.25) is 0 Å². The first-order valence-corrected chi connectivity index (χ1v) is 15.5. The van der Waals surface area contributed by atoms with Gasteiger partial charge in [-0.1, -0.05) is 142 Å². The molecule has 0 aromatic rings. The highest BCUT2D eigenvalue weighted by Crippen LogP contribution is 2.22. The number of unbranched alkanes of at least 4 members (excludes halogenated alkanes) is 21. The van der Waals surface area contributed by atoms with Crippen LogP contribution < -0.4 is 0 Å². The van der Waals surface area contributed by atoms with E-state index in [-0.39, 0.29) is 0 Å². The number of aliphatic hydroxyl groups is 4. The van der Waals surface area contributed by atoms with Crippen LogP contribution in [0.25, 0.3) is 0 Å². The fourth-order valence-corrected chi connectivity index (χ4v) is 5.12. The molecule has 216 valence electrons. The third kappa shape index (κ3) is 16.6. The van der Waals surface area contributed by atoms with Crippen molar-refractivity contribution < 1.29 is 29.9 Å². The highest BCUT2D eigenvalue weighted by molar-refractivity contribution is 4.88. The first kappa shape index (κ1) is 33.8. The van der Waals surface area contributed by atoms with Gasteiger partial charge in [-0.25, -0.2) is 0 Å². The highest BCUT2D eigenvalue weighted by atomic mass is 16.7. The van der Waals surface area contributed by atoms with E-state index in [0.29, 0.717) is 6.61 Å². The molecule has 1 fully saturated rings. The largest absolute Gasteiger partial charge is 0.394 e. The average Bonchev–Trinajstić information content (AvgIpc) is 2.89. The van der Waals surface area contributed by atoms with Crippen LogP contribution in [-0.4, -0.2) is 64.3 Å².